The van der Waals surface area contributed by atoms with Crippen LogP contribution in [-0.4, -0.2) is 47.6 Å². The van der Waals surface area contributed by atoms with Crippen molar-refractivity contribution in [2.75, 3.05) is 13.7 Å². The molecule has 0 aromatic carbocycles. The lowest BCUT2D eigenvalue weighted by Gasteiger charge is -2.29. The summed E-state index contributed by atoms with van der Waals surface area (Å²) in [6, 6.07) is 0.118. The number of carbonyl (C=O) groups is 2. The van der Waals surface area contributed by atoms with Crippen LogP contribution < -0.4 is 20.1 Å². The zero-order chi connectivity index (χ0) is 16.7. The van der Waals surface area contributed by atoms with E-state index in [1.54, 1.807) is 6.20 Å². The number of aromatic nitrogens is 2. The van der Waals surface area contributed by atoms with Gasteiger partial charge in [0.1, 0.15) is 6.10 Å². The number of hydrogen-bond acceptors (Lipinski definition) is 6. The van der Waals surface area contributed by atoms with E-state index < -0.39 is 0 Å². The summed E-state index contributed by atoms with van der Waals surface area (Å²) in [6.45, 7) is 1.41. The molecule has 0 bridgehead atoms. The highest BCUT2D eigenvalue weighted by Gasteiger charge is 2.24. The fourth-order valence-electron chi connectivity index (χ4n) is 2.47. The Morgan fingerprint density at radius 2 is 1.91 bits per heavy atom. The lowest BCUT2D eigenvalue weighted by Crippen LogP contribution is -2.44. The van der Waals surface area contributed by atoms with Crippen LogP contribution in [0, 0.1) is 0 Å². The molecule has 8 nitrogen and oxygen atoms in total. The second kappa shape index (κ2) is 8.30. The summed E-state index contributed by atoms with van der Waals surface area (Å²) in [5.41, 5.74) is 0. The van der Waals surface area contributed by atoms with Crippen LogP contribution in [0.15, 0.2) is 12.4 Å². The number of rotatable bonds is 6. The van der Waals surface area contributed by atoms with Crippen molar-refractivity contribution in [1.82, 2.24) is 20.6 Å². The molecule has 0 unspecified atom stereocenters. The lowest BCUT2D eigenvalue weighted by atomic mass is 9.93. The van der Waals surface area contributed by atoms with Gasteiger partial charge in [0.15, 0.2) is 0 Å². The van der Waals surface area contributed by atoms with Gasteiger partial charge in [0, 0.05) is 13.0 Å². The van der Waals surface area contributed by atoms with Crippen LogP contribution in [0.5, 0.6) is 11.8 Å². The maximum atomic E-state index is 11.7. The number of carbonyl (C=O) groups excluding carboxylic acids is 2. The number of hydrogen-bond donors (Lipinski definition) is 2. The van der Waals surface area contributed by atoms with Gasteiger partial charge in [0.05, 0.1) is 26.0 Å². The topological polar surface area (TPSA) is 102 Å². The van der Waals surface area contributed by atoms with E-state index in [1.165, 1.54) is 20.2 Å². The van der Waals surface area contributed by atoms with E-state index >= 15 is 0 Å². The predicted molar refractivity (Wildman–Crippen MR) is 82.1 cm³/mol. The summed E-state index contributed by atoms with van der Waals surface area (Å²) in [7, 11) is 1.53. The van der Waals surface area contributed by atoms with E-state index in [2.05, 4.69) is 20.6 Å². The molecule has 0 spiro atoms. The molecule has 8 heteroatoms. The number of ether oxygens (including phenoxy) is 2. The molecule has 23 heavy (non-hydrogen) atoms. The fourth-order valence-corrected chi connectivity index (χ4v) is 2.47. The van der Waals surface area contributed by atoms with Crippen molar-refractivity contribution in [1.29, 1.82) is 0 Å². The molecule has 0 atom stereocenters. The third-order valence-corrected chi connectivity index (χ3v) is 3.62. The minimum atomic E-state index is -0.211. The number of methoxy groups -OCH3 is 1. The first kappa shape index (κ1) is 17.0. The fraction of sp³-hybridized carbons (Fsp3) is 0.600. The largest absolute Gasteiger partial charge is 0.480 e. The van der Waals surface area contributed by atoms with Gasteiger partial charge in [0.25, 0.3) is 0 Å². The molecular formula is C15H22N4O4. The highest BCUT2D eigenvalue weighted by molar-refractivity contribution is 5.83. The molecule has 0 saturated heterocycles. The molecule has 1 aliphatic carbocycles. The Hall–Kier alpha value is -2.38. The van der Waals surface area contributed by atoms with Crippen LogP contribution >= 0.6 is 0 Å². The molecule has 1 fully saturated rings. The minimum absolute atomic E-state index is 0.0190. The zero-order valence-electron chi connectivity index (χ0n) is 13.4. The van der Waals surface area contributed by atoms with Crippen molar-refractivity contribution in [2.24, 2.45) is 0 Å². The zero-order valence-corrected chi connectivity index (χ0v) is 13.4. The number of nitrogens with zero attached hydrogens (tertiary/aromatic N) is 2. The van der Waals surface area contributed by atoms with Gasteiger partial charge in [-0.2, -0.15) is 4.98 Å². The van der Waals surface area contributed by atoms with Crippen molar-refractivity contribution < 1.29 is 19.1 Å². The molecule has 2 amide bonds. The van der Waals surface area contributed by atoms with Crippen molar-refractivity contribution >= 4 is 11.8 Å². The minimum Gasteiger partial charge on any atom is -0.480 e. The summed E-state index contributed by atoms with van der Waals surface area (Å²) in [6.07, 6.45) is 6.44. The van der Waals surface area contributed by atoms with E-state index in [0.717, 1.165) is 25.7 Å². The number of nitrogens with one attached hydrogen (secondary N) is 2. The standard InChI is InChI=1S/C15H22N4O4/c1-10(20)17-7-13(21)18-11-3-5-12(6-4-11)23-15-9-16-8-14(19-15)22-2/h8-9,11-12H,3-7H2,1-2H3,(H,17,20)(H,18,21). The van der Waals surface area contributed by atoms with Gasteiger partial charge in [-0.05, 0) is 25.7 Å². The van der Waals surface area contributed by atoms with E-state index in [1.807, 2.05) is 0 Å². The number of amides is 2. The third kappa shape index (κ3) is 5.72. The molecule has 0 aliphatic heterocycles. The van der Waals surface area contributed by atoms with E-state index in [4.69, 9.17) is 9.47 Å². The second-order valence-electron chi connectivity index (χ2n) is 5.47. The van der Waals surface area contributed by atoms with Crippen LogP contribution in [0.1, 0.15) is 32.6 Å². The maximum absolute atomic E-state index is 11.7. The molecule has 1 saturated carbocycles. The van der Waals surface area contributed by atoms with Crippen LogP contribution in [-0.2, 0) is 9.59 Å². The van der Waals surface area contributed by atoms with E-state index in [-0.39, 0.29) is 30.5 Å². The molecule has 1 aromatic heterocycles. The Morgan fingerprint density at radius 3 is 2.57 bits per heavy atom. The molecular weight excluding hydrogens is 300 g/mol. The van der Waals surface area contributed by atoms with Gasteiger partial charge in [0.2, 0.25) is 23.6 Å². The first-order valence-corrected chi connectivity index (χ1v) is 7.63. The predicted octanol–water partition coefficient (Wildman–Crippen LogP) is 0.427. The van der Waals surface area contributed by atoms with Gasteiger partial charge < -0.3 is 20.1 Å². The van der Waals surface area contributed by atoms with E-state index in [0.29, 0.717) is 11.8 Å². The monoisotopic (exact) mass is 322 g/mol. The molecule has 0 radical (unpaired) electrons. The maximum Gasteiger partial charge on any atom is 0.239 e. The summed E-state index contributed by atoms with van der Waals surface area (Å²) in [5.74, 6) is 0.490. The first-order chi connectivity index (χ1) is 11.1. The molecule has 1 aliphatic rings. The Morgan fingerprint density at radius 1 is 1.22 bits per heavy atom. The molecule has 1 aromatic rings. The van der Waals surface area contributed by atoms with Crippen molar-refractivity contribution in [3.63, 3.8) is 0 Å². The van der Waals surface area contributed by atoms with E-state index in [9.17, 15) is 9.59 Å². The Labute approximate surface area is 135 Å². The molecule has 2 rings (SSSR count). The van der Waals surface area contributed by atoms with Crippen LogP contribution in [0.2, 0.25) is 0 Å². The van der Waals surface area contributed by atoms with Crippen LogP contribution in [0.3, 0.4) is 0 Å². The Bertz CT molecular complexity index is 544. The van der Waals surface area contributed by atoms with Crippen molar-refractivity contribution in [3.8, 4) is 11.8 Å². The Kier molecular flexibility index (Phi) is 6.13. The average Bonchev–Trinajstić information content (AvgIpc) is 2.55. The van der Waals surface area contributed by atoms with Crippen molar-refractivity contribution in [3.05, 3.63) is 12.4 Å². The summed E-state index contributed by atoms with van der Waals surface area (Å²) >= 11 is 0. The quantitative estimate of drug-likeness (QED) is 0.787. The smallest absolute Gasteiger partial charge is 0.239 e. The van der Waals surface area contributed by atoms with Crippen LogP contribution in [0.25, 0.3) is 0 Å². The van der Waals surface area contributed by atoms with Gasteiger partial charge in [-0.1, -0.05) is 0 Å². The highest BCUT2D eigenvalue weighted by atomic mass is 16.5. The van der Waals surface area contributed by atoms with Gasteiger partial charge in [-0.3, -0.25) is 14.6 Å². The summed E-state index contributed by atoms with van der Waals surface area (Å²) in [5, 5.41) is 5.40. The summed E-state index contributed by atoms with van der Waals surface area (Å²) in [4.78, 5) is 30.6. The molecule has 126 valence electrons. The SMILES string of the molecule is COc1cncc(OC2CCC(NC(=O)CNC(C)=O)CC2)n1. The normalized spacial score (nSPS) is 20.4. The molecule has 2 N–H and O–H groups in total. The van der Waals surface area contributed by atoms with Gasteiger partial charge in [-0.25, -0.2) is 0 Å². The van der Waals surface area contributed by atoms with Gasteiger partial charge >= 0.3 is 0 Å². The third-order valence-electron chi connectivity index (χ3n) is 3.62. The van der Waals surface area contributed by atoms with Crippen LogP contribution in [0.4, 0.5) is 0 Å². The molecule has 1 heterocycles. The average molecular weight is 322 g/mol. The second-order valence-corrected chi connectivity index (χ2v) is 5.47. The highest BCUT2D eigenvalue weighted by Crippen LogP contribution is 2.23. The lowest BCUT2D eigenvalue weighted by molar-refractivity contribution is -0.125. The van der Waals surface area contributed by atoms with Crippen molar-refractivity contribution in [2.45, 2.75) is 44.8 Å². The first-order valence-electron chi connectivity index (χ1n) is 7.63. The van der Waals surface area contributed by atoms with Gasteiger partial charge in [-0.15, -0.1) is 0 Å². The summed E-state index contributed by atoms with van der Waals surface area (Å²) < 4.78 is 10.8. The Balaban J connectivity index is 1.73.